The van der Waals surface area contributed by atoms with E-state index < -0.39 is 17.9 Å². The van der Waals surface area contributed by atoms with E-state index in [2.05, 4.69) is 5.32 Å². The second-order valence-corrected chi connectivity index (χ2v) is 8.63. The summed E-state index contributed by atoms with van der Waals surface area (Å²) < 4.78 is 5.16. The fraction of sp³-hybridized carbons (Fsp3) is 0.591. The number of nitrogens with two attached hydrogens (primary N) is 1. The number of ether oxygens (including phenoxy) is 1. The van der Waals surface area contributed by atoms with Gasteiger partial charge < -0.3 is 20.7 Å². The number of nitrogens with zero attached hydrogens (tertiary/aromatic N) is 2. The van der Waals surface area contributed by atoms with Crippen molar-refractivity contribution in [3.8, 4) is 0 Å². The van der Waals surface area contributed by atoms with Crippen molar-refractivity contribution in [1.29, 1.82) is 0 Å². The average Bonchev–Trinajstić information content (AvgIpc) is 3.49. The van der Waals surface area contributed by atoms with Crippen LogP contribution < -0.4 is 16.0 Å². The van der Waals surface area contributed by atoms with Gasteiger partial charge in [-0.1, -0.05) is 6.42 Å². The van der Waals surface area contributed by atoms with Crippen molar-refractivity contribution >= 4 is 29.1 Å². The Balaban J connectivity index is 1.42. The molecule has 30 heavy (non-hydrogen) atoms. The monoisotopic (exact) mass is 414 g/mol. The van der Waals surface area contributed by atoms with Crippen LogP contribution in [0, 0.1) is 11.8 Å². The number of amides is 3. The van der Waals surface area contributed by atoms with Gasteiger partial charge in [-0.3, -0.25) is 19.3 Å². The summed E-state index contributed by atoms with van der Waals surface area (Å²) in [6.07, 6.45) is 5.81. The Labute approximate surface area is 176 Å². The lowest BCUT2D eigenvalue weighted by Gasteiger charge is -2.35. The van der Waals surface area contributed by atoms with Crippen molar-refractivity contribution in [2.45, 2.75) is 38.1 Å². The van der Waals surface area contributed by atoms with Gasteiger partial charge in [0.15, 0.2) is 6.04 Å². The van der Waals surface area contributed by atoms with Crippen LogP contribution >= 0.6 is 0 Å². The highest BCUT2D eigenvalue weighted by Crippen LogP contribution is 2.33. The van der Waals surface area contributed by atoms with Crippen molar-refractivity contribution in [2.75, 3.05) is 43.1 Å². The zero-order valence-electron chi connectivity index (χ0n) is 17.2. The molecule has 1 heterocycles. The SMILES string of the molecule is NC(=O)[C@H](C(=O)Nc1ccc(N2CCOCC2=O)cc1)N(CC1CCC1)CC1CC1. The minimum absolute atomic E-state index is 0.0800. The zero-order valence-corrected chi connectivity index (χ0v) is 17.2. The lowest BCUT2D eigenvalue weighted by atomic mass is 9.84. The summed E-state index contributed by atoms with van der Waals surface area (Å²) in [4.78, 5) is 40.8. The van der Waals surface area contributed by atoms with E-state index in [-0.39, 0.29) is 12.5 Å². The highest BCUT2D eigenvalue weighted by molar-refractivity contribution is 6.09. The molecule has 0 aromatic heterocycles. The Bertz CT molecular complexity index is 789. The second-order valence-electron chi connectivity index (χ2n) is 8.63. The zero-order chi connectivity index (χ0) is 21.1. The largest absolute Gasteiger partial charge is 0.370 e. The van der Waals surface area contributed by atoms with Crippen LogP contribution in [0.4, 0.5) is 11.4 Å². The molecule has 1 atom stereocenters. The van der Waals surface area contributed by atoms with Crippen LogP contribution in [0.2, 0.25) is 0 Å². The molecule has 2 saturated carbocycles. The van der Waals surface area contributed by atoms with Gasteiger partial charge in [-0.05, 0) is 61.8 Å². The van der Waals surface area contributed by atoms with Gasteiger partial charge in [0, 0.05) is 31.0 Å². The summed E-state index contributed by atoms with van der Waals surface area (Å²) in [6.45, 7) is 2.58. The van der Waals surface area contributed by atoms with Gasteiger partial charge in [-0.2, -0.15) is 0 Å². The van der Waals surface area contributed by atoms with Crippen LogP contribution in [0.15, 0.2) is 24.3 Å². The molecule has 1 saturated heterocycles. The summed E-state index contributed by atoms with van der Waals surface area (Å²) in [6, 6.07) is 6.09. The minimum Gasteiger partial charge on any atom is -0.370 e. The molecule has 8 nitrogen and oxygen atoms in total. The first-order valence-corrected chi connectivity index (χ1v) is 10.8. The van der Waals surface area contributed by atoms with Gasteiger partial charge in [-0.15, -0.1) is 0 Å². The maximum atomic E-state index is 13.0. The number of rotatable bonds is 9. The molecule has 0 radical (unpaired) electrons. The Morgan fingerprint density at radius 3 is 2.33 bits per heavy atom. The molecule has 3 aliphatic rings. The van der Waals surface area contributed by atoms with Gasteiger partial charge in [-0.25, -0.2) is 0 Å². The molecule has 0 bridgehead atoms. The molecule has 1 aliphatic heterocycles. The predicted octanol–water partition coefficient (Wildman–Crippen LogP) is 1.35. The van der Waals surface area contributed by atoms with Crippen LogP contribution in [-0.4, -0.2) is 61.5 Å². The van der Waals surface area contributed by atoms with E-state index >= 15 is 0 Å². The minimum atomic E-state index is -0.966. The number of nitrogens with one attached hydrogen (secondary N) is 1. The topological polar surface area (TPSA) is 105 Å². The third kappa shape index (κ3) is 4.99. The normalized spacial score (nSPS) is 20.7. The van der Waals surface area contributed by atoms with Crippen molar-refractivity contribution in [2.24, 2.45) is 17.6 Å². The smallest absolute Gasteiger partial charge is 0.253 e. The number of hydrogen-bond donors (Lipinski definition) is 2. The van der Waals surface area contributed by atoms with E-state index in [1.807, 2.05) is 4.90 Å². The predicted molar refractivity (Wildman–Crippen MR) is 113 cm³/mol. The summed E-state index contributed by atoms with van der Waals surface area (Å²) in [5, 5.41) is 2.84. The molecule has 162 valence electrons. The molecule has 4 rings (SSSR count). The Morgan fingerprint density at radius 1 is 1.13 bits per heavy atom. The number of hydrogen-bond acceptors (Lipinski definition) is 5. The van der Waals surface area contributed by atoms with Gasteiger partial charge in [0.1, 0.15) is 6.61 Å². The number of primary amides is 1. The number of carbonyl (C=O) groups excluding carboxylic acids is 3. The average molecular weight is 415 g/mol. The number of morpholine rings is 1. The summed E-state index contributed by atoms with van der Waals surface area (Å²) in [5.41, 5.74) is 7.00. The molecular formula is C22H30N4O4. The molecular weight excluding hydrogens is 384 g/mol. The van der Waals surface area contributed by atoms with Gasteiger partial charge >= 0.3 is 0 Å². The van der Waals surface area contributed by atoms with Crippen molar-refractivity contribution in [3.05, 3.63) is 24.3 Å². The van der Waals surface area contributed by atoms with Gasteiger partial charge in [0.2, 0.25) is 5.91 Å². The molecule has 1 aromatic rings. The van der Waals surface area contributed by atoms with Gasteiger partial charge in [0.05, 0.1) is 6.61 Å². The first kappa shape index (κ1) is 20.8. The standard InChI is InChI=1S/C22H30N4O4/c23-21(28)20(25(13-16-4-5-16)12-15-2-1-3-15)22(29)24-17-6-8-18(9-7-17)26-10-11-30-14-19(26)27/h6-9,15-16,20H,1-5,10-14H2,(H2,23,28)(H,24,29)/t20-/m1/s1. The van der Waals surface area contributed by atoms with E-state index in [9.17, 15) is 14.4 Å². The van der Waals surface area contributed by atoms with Crippen molar-refractivity contribution in [3.63, 3.8) is 0 Å². The maximum Gasteiger partial charge on any atom is 0.253 e. The van der Waals surface area contributed by atoms with E-state index in [4.69, 9.17) is 10.5 Å². The first-order valence-electron chi connectivity index (χ1n) is 10.8. The van der Waals surface area contributed by atoms with Crippen molar-refractivity contribution in [1.82, 2.24) is 4.90 Å². The maximum absolute atomic E-state index is 13.0. The van der Waals surface area contributed by atoms with Crippen LogP contribution in [0.25, 0.3) is 0 Å². The third-order valence-corrected chi connectivity index (χ3v) is 6.22. The van der Waals surface area contributed by atoms with Crippen molar-refractivity contribution < 1.29 is 19.1 Å². The summed E-state index contributed by atoms with van der Waals surface area (Å²) >= 11 is 0. The molecule has 0 spiro atoms. The number of benzene rings is 1. The molecule has 3 amide bonds. The summed E-state index contributed by atoms with van der Waals surface area (Å²) in [7, 11) is 0. The lowest BCUT2D eigenvalue weighted by molar-refractivity contribution is -0.133. The Morgan fingerprint density at radius 2 is 1.80 bits per heavy atom. The molecule has 3 N–H and O–H groups in total. The fourth-order valence-electron chi connectivity index (χ4n) is 4.13. The van der Waals surface area contributed by atoms with Crippen LogP contribution in [0.5, 0.6) is 0 Å². The second kappa shape index (κ2) is 9.14. The van der Waals surface area contributed by atoms with Crippen LogP contribution in [0.3, 0.4) is 0 Å². The van der Waals surface area contributed by atoms with E-state index in [0.29, 0.717) is 30.7 Å². The molecule has 8 heteroatoms. The number of anilines is 2. The van der Waals surface area contributed by atoms with Crippen LogP contribution in [0.1, 0.15) is 32.1 Å². The quantitative estimate of drug-likeness (QED) is 0.594. The van der Waals surface area contributed by atoms with E-state index in [1.165, 1.54) is 6.42 Å². The van der Waals surface area contributed by atoms with E-state index in [0.717, 1.165) is 44.5 Å². The first-order chi connectivity index (χ1) is 14.5. The fourth-order valence-corrected chi connectivity index (χ4v) is 4.13. The lowest BCUT2D eigenvalue weighted by Crippen LogP contribution is -2.54. The molecule has 0 unspecified atom stereocenters. The molecule has 1 aromatic carbocycles. The summed E-state index contributed by atoms with van der Waals surface area (Å²) in [5.74, 6) is 0.0213. The Hall–Kier alpha value is -2.45. The highest BCUT2D eigenvalue weighted by Gasteiger charge is 2.37. The van der Waals surface area contributed by atoms with Crippen LogP contribution in [-0.2, 0) is 19.1 Å². The molecule has 2 aliphatic carbocycles. The number of carbonyl (C=O) groups is 3. The molecule has 3 fully saturated rings. The highest BCUT2D eigenvalue weighted by atomic mass is 16.5. The Kier molecular flexibility index (Phi) is 6.34. The van der Waals surface area contributed by atoms with Gasteiger partial charge in [0.25, 0.3) is 11.8 Å². The van der Waals surface area contributed by atoms with E-state index in [1.54, 1.807) is 29.2 Å². The third-order valence-electron chi connectivity index (χ3n) is 6.22.